The molecule has 9 aromatic carbocycles. The van der Waals surface area contributed by atoms with Gasteiger partial charge in [0.1, 0.15) is 23.1 Å². The highest BCUT2D eigenvalue weighted by molar-refractivity contribution is 9.10. The van der Waals surface area contributed by atoms with Gasteiger partial charge in [-0.25, -0.2) is 0 Å². The lowest BCUT2D eigenvalue weighted by molar-refractivity contribution is -0.136. The topological polar surface area (TPSA) is 165 Å². The number of rotatable bonds is 22. The Morgan fingerprint density at radius 3 is 1.25 bits per heavy atom. The predicted molar refractivity (Wildman–Crippen MR) is 434 cm³/mol. The average molecular weight is 1540 g/mol. The fraction of sp³-hybridized carbons (Fsp3) is 0.330. The van der Waals surface area contributed by atoms with Crippen LogP contribution in [0, 0.1) is 51.8 Å². The number of halogens is 2. The highest BCUT2D eigenvalue weighted by Gasteiger charge is 2.56. The molecule has 13 nitrogen and oxygen atoms in total. The number of methoxy groups -OCH3 is 1. The molecule has 3 heterocycles. The van der Waals surface area contributed by atoms with Gasteiger partial charge in [0, 0.05) is 74.3 Å². The molecule has 6 fully saturated rings. The lowest BCUT2D eigenvalue weighted by Crippen LogP contribution is -2.49. The third kappa shape index (κ3) is 15.4. The van der Waals surface area contributed by atoms with Crippen LogP contribution in [-0.2, 0) is 34.0 Å². The van der Waals surface area contributed by atoms with Crippen LogP contribution in [0.3, 0.4) is 0 Å². The Labute approximate surface area is 658 Å². The van der Waals surface area contributed by atoms with Crippen molar-refractivity contribution in [3.63, 3.8) is 0 Å². The molecule has 6 saturated carbocycles. The van der Waals surface area contributed by atoms with Crippen molar-refractivity contribution in [2.45, 2.75) is 137 Å². The van der Waals surface area contributed by atoms with Gasteiger partial charge in [-0.15, -0.1) is 0 Å². The monoisotopic (exact) mass is 1530 g/mol. The minimum absolute atomic E-state index is 0.0775. The van der Waals surface area contributed by atoms with Crippen molar-refractivity contribution >= 4 is 94.9 Å². The fourth-order valence-electron chi connectivity index (χ4n) is 18.9. The van der Waals surface area contributed by atoms with E-state index in [0.717, 1.165) is 125 Å². The minimum Gasteiger partial charge on any atom is -0.497 e. The minimum atomic E-state index is -2.65. The van der Waals surface area contributed by atoms with Crippen LogP contribution in [0.15, 0.2) is 223 Å². The maximum Gasteiger partial charge on any atom is 0.165 e. The molecule has 18 rings (SSSR count). The van der Waals surface area contributed by atoms with Crippen molar-refractivity contribution in [3.8, 4) is 39.1 Å². The maximum atomic E-state index is 13.6. The van der Waals surface area contributed by atoms with Crippen molar-refractivity contribution in [3.05, 3.63) is 262 Å². The Balaban J connectivity index is 0.000000130. The standard InChI is InChI=1S/C32H32N2O3.C31H29BrN2O2.C31H29ClN2O2/c1-21(35)27-17-32(18-27)15-23(16-32)12-30(36)29-14-28(37-2)13-26-19-33-34(31(26)29)20-22-8-10-25(11-9-22)24-6-4-3-5-7-24;1-20(35)26-16-31(17-26)14-22(15-31)11-29(36)28-13-27(32)12-25-18-33-34(30(25)28)19-21-7-9-24(10-8-21)23-5-3-2-4-6-23;1-20(35)25-16-31(17-25)14-22(15-31)13-29(36)26-11-12-28(32)27-18-33-34(30(26)27)19-21-7-9-24(10-8-21)23-5-3-2-4-6-23/h3-11,13-14,19,23,27H,12,15-18,20H2,1-2H3;2-10,12-13,18,22,26H,11,14-17,19H2,1H3;2-12,18,22,25H,13-17,19H2,1H3/i;;7D,8D,9D,10D,19D2. The van der Waals surface area contributed by atoms with Gasteiger partial charge in [-0.05, 0) is 218 Å². The molecule has 0 bridgehead atoms. The Morgan fingerprint density at radius 1 is 0.440 bits per heavy atom. The number of fused-ring (bicyclic) bond motifs is 3. The van der Waals surface area contributed by atoms with Gasteiger partial charge in [-0.1, -0.05) is 191 Å². The van der Waals surface area contributed by atoms with E-state index in [-0.39, 0.29) is 92.4 Å². The molecule has 0 N–H and O–H groups in total. The maximum absolute atomic E-state index is 13.6. The van der Waals surface area contributed by atoms with Gasteiger partial charge in [0.25, 0.3) is 0 Å². The largest absolute Gasteiger partial charge is 0.497 e. The number of benzene rings is 9. The summed E-state index contributed by atoms with van der Waals surface area (Å²) < 4.78 is 64.1. The Hall–Kier alpha value is -10.0. The highest BCUT2D eigenvalue weighted by Crippen LogP contribution is 2.64. The first-order valence-corrected chi connectivity index (χ1v) is 39.2. The van der Waals surface area contributed by atoms with E-state index in [4.69, 9.17) is 24.6 Å². The molecule has 0 unspecified atom stereocenters. The number of ether oxygens (including phenoxy) is 1. The van der Waals surface area contributed by atoms with Crippen molar-refractivity contribution in [1.29, 1.82) is 0 Å². The first-order valence-electron chi connectivity index (χ1n) is 41.1. The van der Waals surface area contributed by atoms with Crippen molar-refractivity contribution in [1.82, 2.24) is 29.3 Å². The lowest BCUT2D eigenvalue weighted by atomic mass is 9.47. The Bertz CT molecular complexity index is 5760. The molecular weight excluding hydrogens is 1440 g/mol. The first-order chi connectivity index (χ1) is 55.2. The molecule has 12 aromatic rings. The summed E-state index contributed by atoms with van der Waals surface area (Å²) in [6.45, 7) is 3.59. The fourth-order valence-corrected chi connectivity index (χ4v) is 19.6. The second kappa shape index (κ2) is 30.4. The predicted octanol–water partition coefficient (Wildman–Crippen LogP) is 21.6. The number of nitrogens with zero attached hydrogens (tertiary/aromatic N) is 6. The van der Waals surface area contributed by atoms with E-state index >= 15 is 0 Å². The quantitative estimate of drug-likeness (QED) is 0.0596. The Kier molecular flexibility index (Phi) is 18.4. The second-order valence-corrected chi connectivity index (χ2v) is 33.6. The van der Waals surface area contributed by atoms with E-state index in [1.165, 1.54) is 28.5 Å². The van der Waals surface area contributed by atoms with Crippen molar-refractivity contribution < 1.29 is 41.7 Å². The molecule has 3 spiro atoms. The van der Waals surface area contributed by atoms with Gasteiger partial charge in [-0.3, -0.25) is 42.8 Å². The molecule has 0 aliphatic heterocycles. The van der Waals surface area contributed by atoms with E-state index in [1.54, 1.807) is 70.3 Å². The molecule has 0 atom stereocenters. The summed E-state index contributed by atoms with van der Waals surface area (Å²) in [5.74, 6) is 3.29. The van der Waals surface area contributed by atoms with Gasteiger partial charge in [0.05, 0.1) is 75.1 Å². The zero-order valence-corrected chi connectivity index (χ0v) is 64.1. The first kappa shape index (κ1) is 66.0. The number of carbonyl (C=O) groups excluding carboxylic acids is 6. The zero-order valence-electron chi connectivity index (χ0n) is 67.8. The summed E-state index contributed by atoms with van der Waals surface area (Å²) in [6, 6.07) is 55.5. The van der Waals surface area contributed by atoms with Crippen LogP contribution in [0.2, 0.25) is 5.02 Å². The normalized spacial score (nSPS) is 23.6. The number of Topliss-reactive ketones (excluding diaryl/α,β-unsaturated/α-hetero) is 6. The summed E-state index contributed by atoms with van der Waals surface area (Å²) in [6.07, 6.45) is 18.2. The van der Waals surface area contributed by atoms with Gasteiger partial charge in [0.15, 0.2) is 17.3 Å². The van der Waals surface area contributed by atoms with Crippen molar-refractivity contribution in [2.75, 3.05) is 7.11 Å². The van der Waals surface area contributed by atoms with Crippen LogP contribution >= 0.6 is 27.5 Å². The van der Waals surface area contributed by atoms with Crippen LogP contribution in [-0.4, -0.2) is 71.2 Å². The molecule has 6 aliphatic rings. The zero-order chi connectivity index (χ0) is 80.6. The van der Waals surface area contributed by atoms with Gasteiger partial charge < -0.3 is 4.74 Å². The Morgan fingerprint density at radius 2 is 0.826 bits per heavy atom. The number of hydrogen-bond donors (Lipinski definition) is 0. The molecule has 15 heteroatoms. The molecule has 0 saturated heterocycles. The lowest BCUT2D eigenvalue weighted by Gasteiger charge is -2.57. The average Bonchev–Trinajstić information content (AvgIpc) is 1.68. The number of hydrogen-bond acceptors (Lipinski definition) is 10. The molecule has 552 valence electrons. The van der Waals surface area contributed by atoms with Crippen LogP contribution in [0.5, 0.6) is 5.75 Å². The third-order valence-corrected chi connectivity index (χ3v) is 25.3. The van der Waals surface area contributed by atoms with E-state index in [0.29, 0.717) is 82.4 Å². The van der Waals surface area contributed by atoms with E-state index in [2.05, 4.69) is 104 Å². The molecule has 109 heavy (non-hydrogen) atoms. The van der Waals surface area contributed by atoms with Crippen molar-refractivity contribution in [2.24, 2.45) is 51.8 Å². The molecule has 3 aromatic heterocycles. The third-order valence-electron chi connectivity index (χ3n) is 24.5. The number of carbonyl (C=O) groups is 6. The molecule has 6 aliphatic carbocycles. The van der Waals surface area contributed by atoms with E-state index < -0.39 is 24.1 Å². The summed E-state index contributed by atoms with van der Waals surface area (Å²) in [5.41, 5.74) is 11.5. The summed E-state index contributed by atoms with van der Waals surface area (Å²) >= 11 is 10.0. The summed E-state index contributed by atoms with van der Waals surface area (Å²) in [4.78, 5) is 75.6. The molecule has 0 amide bonds. The smallest absolute Gasteiger partial charge is 0.165 e. The van der Waals surface area contributed by atoms with Crippen LogP contribution in [0.25, 0.3) is 66.1 Å². The van der Waals surface area contributed by atoms with E-state index in [1.807, 2.05) is 82.4 Å². The van der Waals surface area contributed by atoms with Gasteiger partial charge in [-0.2, -0.15) is 15.3 Å². The second-order valence-electron chi connectivity index (χ2n) is 32.2. The number of ketones is 6. The SMILES string of the molecule is CC(=O)C1CC2(CC(CC(=O)c3cc(Br)cc4cnn(Cc5ccc(-c6ccccc6)cc5)c34)C2)C1.COc1cc(C(=O)CC2CC3(C2)CC(C(C)=O)C3)c2c(cnn2Cc2ccc(-c3ccccc3)cc2)c1.[2H]c1c([2H])c(C([2H])([2H])n2ncc3c(Cl)ccc(C(=O)CC4CC5(C4)CC(C(C)=O)C5)c32)c([2H])c([2H])c1-c1ccccc1. The molecule has 0 radical (unpaired) electrons. The van der Waals surface area contributed by atoms with Crippen LogP contribution < -0.4 is 4.74 Å². The van der Waals surface area contributed by atoms with Crippen LogP contribution in [0.4, 0.5) is 0 Å². The summed E-state index contributed by atoms with van der Waals surface area (Å²) in [7, 11) is 1.63. The number of aromatic nitrogens is 6. The van der Waals surface area contributed by atoms with E-state index in [9.17, 15) is 28.8 Å². The summed E-state index contributed by atoms with van der Waals surface area (Å²) in [5, 5.41) is 16.1. The molecular formula is C94H90BrClN6O7. The van der Waals surface area contributed by atoms with Crippen LogP contribution in [0.1, 0.15) is 173 Å². The van der Waals surface area contributed by atoms with Gasteiger partial charge >= 0.3 is 0 Å². The van der Waals surface area contributed by atoms with Gasteiger partial charge in [0.2, 0.25) is 0 Å². The highest BCUT2D eigenvalue weighted by atomic mass is 79.9.